The molecule has 106 valence electrons. The van der Waals surface area contributed by atoms with E-state index >= 15 is 0 Å². The third-order valence-electron chi connectivity index (χ3n) is 2.38. The van der Waals surface area contributed by atoms with E-state index in [-0.39, 0.29) is 5.82 Å². The number of anilines is 1. The van der Waals surface area contributed by atoms with Gasteiger partial charge in [-0.2, -0.15) is 13.2 Å². The van der Waals surface area contributed by atoms with Gasteiger partial charge < -0.3 is 10.1 Å². The van der Waals surface area contributed by atoms with Crippen molar-refractivity contribution in [2.24, 2.45) is 0 Å². The zero-order valence-corrected chi connectivity index (χ0v) is 10.4. The summed E-state index contributed by atoms with van der Waals surface area (Å²) in [6, 6.07) is 11.3. The van der Waals surface area contributed by atoms with Crippen molar-refractivity contribution in [3.05, 3.63) is 48.2 Å². The quantitative estimate of drug-likeness (QED) is 0.857. The summed E-state index contributed by atoms with van der Waals surface area (Å²) in [5.74, 6) is 1.00. The Labute approximate surface area is 113 Å². The van der Waals surface area contributed by atoms with E-state index in [1.807, 2.05) is 30.3 Å². The lowest BCUT2D eigenvalue weighted by Gasteiger charge is -2.08. The number of alkyl halides is 3. The maximum absolute atomic E-state index is 12.3. The fraction of sp³-hybridized carbons (Fsp3) is 0.231. The van der Waals surface area contributed by atoms with Crippen LogP contribution < -0.4 is 10.1 Å². The molecule has 1 N–H and O–H groups in total. The molecule has 0 saturated heterocycles. The second kappa shape index (κ2) is 6.23. The molecule has 0 aliphatic carbocycles. The first kappa shape index (κ1) is 14.1. The average Bonchev–Trinajstić information content (AvgIpc) is 2.44. The molecule has 1 aromatic heterocycles. The van der Waals surface area contributed by atoms with Crippen LogP contribution in [0.5, 0.6) is 5.75 Å². The predicted molar refractivity (Wildman–Crippen MR) is 67.5 cm³/mol. The number of benzene rings is 1. The Balaban J connectivity index is 1.77. The molecule has 2 aromatic rings. The minimum Gasteiger partial charge on any atom is -0.492 e. The number of ether oxygens (including phenoxy) is 1. The summed E-state index contributed by atoms with van der Waals surface area (Å²) < 4.78 is 42.2. The standard InChI is InChI=1S/C13H12F3N3O/c14-13(15,16)11-6-7-12(19-18-11)17-8-9-20-10-4-2-1-3-5-10/h1-7H,8-9H2,(H,17,19). The van der Waals surface area contributed by atoms with E-state index in [9.17, 15) is 13.2 Å². The highest BCUT2D eigenvalue weighted by atomic mass is 19.4. The van der Waals surface area contributed by atoms with Gasteiger partial charge in [0.2, 0.25) is 0 Å². The Morgan fingerprint density at radius 1 is 1.00 bits per heavy atom. The van der Waals surface area contributed by atoms with E-state index in [1.54, 1.807) is 0 Å². The Bertz CT molecular complexity index is 529. The Kier molecular flexibility index (Phi) is 4.39. The molecule has 0 unspecified atom stereocenters. The van der Waals surface area contributed by atoms with Gasteiger partial charge in [0.1, 0.15) is 18.2 Å². The van der Waals surface area contributed by atoms with Crippen LogP contribution in [0.2, 0.25) is 0 Å². The van der Waals surface area contributed by atoms with Crippen LogP contribution in [0.25, 0.3) is 0 Å². The molecule has 2 rings (SSSR count). The first-order chi connectivity index (χ1) is 9.55. The average molecular weight is 283 g/mol. The molecule has 7 heteroatoms. The lowest BCUT2D eigenvalue weighted by molar-refractivity contribution is -0.141. The molecule has 4 nitrogen and oxygen atoms in total. The van der Waals surface area contributed by atoms with Gasteiger partial charge in [0.05, 0.1) is 6.54 Å². The van der Waals surface area contributed by atoms with Crippen LogP contribution in [0.1, 0.15) is 5.69 Å². The molecule has 0 spiro atoms. The molecule has 20 heavy (non-hydrogen) atoms. The fourth-order valence-electron chi connectivity index (χ4n) is 1.44. The third-order valence-corrected chi connectivity index (χ3v) is 2.38. The molecular formula is C13H12F3N3O. The van der Waals surface area contributed by atoms with Crippen molar-refractivity contribution in [3.8, 4) is 5.75 Å². The molecule has 0 aliphatic heterocycles. The molecule has 0 radical (unpaired) electrons. The lowest BCUT2D eigenvalue weighted by atomic mass is 10.3. The first-order valence-corrected chi connectivity index (χ1v) is 5.88. The Hall–Kier alpha value is -2.31. The molecule has 0 amide bonds. The van der Waals surface area contributed by atoms with Crippen molar-refractivity contribution in [2.45, 2.75) is 6.18 Å². The molecule has 0 fully saturated rings. The molecule has 0 atom stereocenters. The molecule has 0 saturated carbocycles. The van der Waals surface area contributed by atoms with Crippen molar-refractivity contribution < 1.29 is 17.9 Å². The number of halogens is 3. The minimum atomic E-state index is -4.47. The van der Waals surface area contributed by atoms with E-state index < -0.39 is 11.9 Å². The number of nitrogens with zero attached hydrogens (tertiary/aromatic N) is 2. The van der Waals surface area contributed by atoms with Gasteiger partial charge in [0.15, 0.2) is 5.69 Å². The van der Waals surface area contributed by atoms with Crippen LogP contribution in [-0.4, -0.2) is 23.3 Å². The van der Waals surface area contributed by atoms with Gasteiger partial charge >= 0.3 is 6.18 Å². The monoisotopic (exact) mass is 283 g/mol. The van der Waals surface area contributed by atoms with Gasteiger partial charge in [-0.05, 0) is 24.3 Å². The number of aromatic nitrogens is 2. The maximum atomic E-state index is 12.3. The van der Waals surface area contributed by atoms with E-state index in [1.165, 1.54) is 6.07 Å². The van der Waals surface area contributed by atoms with Crippen LogP contribution in [0.4, 0.5) is 19.0 Å². The summed E-state index contributed by atoms with van der Waals surface area (Å²) in [6.45, 7) is 0.779. The van der Waals surface area contributed by atoms with Crippen LogP contribution in [0, 0.1) is 0 Å². The van der Waals surface area contributed by atoms with Crippen molar-refractivity contribution in [3.63, 3.8) is 0 Å². The number of rotatable bonds is 5. The predicted octanol–water partition coefficient (Wildman–Crippen LogP) is 2.99. The van der Waals surface area contributed by atoms with Crippen LogP contribution in [0.3, 0.4) is 0 Å². The molecular weight excluding hydrogens is 271 g/mol. The second-order valence-electron chi connectivity index (χ2n) is 3.89. The zero-order valence-electron chi connectivity index (χ0n) is 10.4. The molecule has 0 bridgehead atoms. The van der Waals surface area contributed by atoms with Crippen molar-refractivity contribution >= 4 is 5.82 Å². The van der Waals surface area contributed by atoms with E-state index in [0.29, 0.717) is 13.2 Å². The van der Waals surface area contributed by atoms with Gasteiger partial charge in [0, 0.05) is 0 Å². The van der Waals surface area contributed by atoms with Crippen LogP contribution in [0.15, 0.2) is 42.5 Å². The summed E-state index contributed by atoms with van der Waals surface area (Å²) in [4.78, 5) is 0. The number of hydrogen-bond donors (Lipinski definition) is 1. The highest BCUT2D eigenvalue weighted by Gasteiger charge is 2.32. The number of para-hydroxylation sites is 1. The smallest absolute Gasteiger partial charge is 0.435 e. The third kappa shape index (κ3) is 4.11. The summed E-state index contributed by atoms with van der Waals surface area (Å²) in [5, 5.41) is 9.39. The van der Waals surface area contributed by atoms with Crippen LogP contribution >= 0.6 is 0 Å². The van der Waals surface area contributed by atoms with E-state index in [2.05, 4.69) is 15.5 Å². The van der Waals surface area contributed by atoms with Gasteiger partial charge in [-0.15, -0.1) is 10.2 Å². The van der Waals surface area contributed by atoms with Gasteiger partial charge in [-0.3, -0.25) is 0 Å². The summed E-state index contributed by atoms with van der Waals surface area (Å²) in [5.41, 5.74) is -1.01. The minimum absolute atomic E-state index is 0.273. The number of hydrogen-bond acceptors (Lipinski definition) is 4. The first-order valence-electron chi connectivity index (χ1n) is 5.88. The lowest BCUT2D eigenvalue weighted by Crippen LogP contribution is -2.14. The SMILES string of the molecule is FC(F)(F)c1ccc(NCCOc2ccccc2)nn1. The fourth-order valence-corrected chi connectivity index (χ4v) is 1.44. The van der Waals surface area contributed by atoms with Crippen LogP contribution in [-0.2, 0) is 6.18 Å². The van der Waals surface area contributed by atoms with Gasteiger partial charge in [-0.1, -0.05) is 18.2 Å². The topological polar surface area (TPSA) is 47.0 Å². The summed E-state index contributed by atoms with van der Waals surface area (Å²) in [6.07, 6.45) is -4.47. The Morgan fingerprint density at radius 2 is 1.75 bits per heavy atom. The second-order valence-corrected chi connectivity index (χ2v) is 3.89. The largest absolute Gasteiger partial charge is 0.492 e. The molecule has 0 aliphatic rings. The summed E-state index contributed by atoms with van der Waals surface area (Å²) >= 11 is 0. The highest BCUT2D eigenvalue weighted by molar-refractivity contribution is 5.33. The normalized spacial score (nSPS) is 11.2. The zero-order chi connectivity index (χ0) is 14.4. The summed E-state index contributed by atoms with van der Waals surface area (Å²) in [7, 11) is 0. The van der Waals surface area contributed by atoms with Gasteiger partial charge in [-0.25, -0.2) is 0 Å². The molecule has 1 heterocycles. The maximum Gasteiger partial charge on any atom is 0.435 e. The van der Waals surface area contributed by atoms with Gasteiger partial charge in [0.25, 0.3) is 0 Å². The highest BCUT2D eigenvalue weighted by Crippen LogP contribution is 2.26. The van der Waals surface area contributed by atoms with E-state index in [0.717, 1.165) is 11.8 Å². The van der Waals surface area contributed by atoms with Crippen molar-refractivity contribution in [1.29, 1.82) is 0 Å². The number of nitrogens with one attached hydrogen (secondary N) is 1. The molecule has 1 aromatic carbocycles. The van der Waals surface area contributed by atoms with Crippen molar-refractivity contribution in [1.82, 2.24) is 10.2 Å². The Morgan fingerprint density at radius 3 is 2.35 bits per heavy atom. The van der Waals surface area contributed by atoms with Crippen molar-refractivity contribution in [2.75, 3.05) is 18.5 Å². The van der Waals surface area contributed by atoms with E-state index in [4.69, 9.17) is 4.74 Å².